The van der Waals surface area contributed by atoms with E-state index in [1.807, 2.05) is 61.5 Å². The third kappa shape index (κ3) is 4.94. The van der Waals surface area contributed by atoms with Crippen LogP contribution in [0.2, 0.25) is 0 Å². The molecule has 0 aliphatic carbocycles. The minimum Gasteiger partial charge on any atom is -0.371 e. The second-order valence-corrected chi connectivity index (χ2v) is 10.4. The van der Waals surface area contributed by atoms with Gasteiger partial charge in [0, 0.05) is 17.6 Å². The molecule has 0 bridgehead atoms. The number of benzene rings is 3. The number of anilines is 2. The summed E-state index contributed by atoms with van der Waals surface area (Å²) < 4.78 is 25.1. The number of hydrogen-bond donors (Lipinski definition) is 3. The van der Waals surface area contributed by atoms with E-state index in [0.717, 1.165) is 0 Å². The number of nitrogens with one attached hydrogen (secondary N) is 1. The number of nitrogens with zero attached hydrogens (tertiary/aromatic N) is 4. The molecule has 2 heterocycles. The van der Waals surface area contributed by atoms with E-state index in [2.05, 4.69) is 20.1 Å². The topological polar surface area (TPSA) is 150 Å². The molecular formula is C28H23N7O3S. The van der Waals surface area contributed by atoms with E-state index in [9.17, 15) is 13.2 Å². The Kier molecular flexibility index (Phi) is 6.57. The number of sulfonamides is 1. The van der Waals surface area contributed by atoms with E-state index in [1.54, 1.807) is 16.7 Å². The number of para-hydroxylation sites is 1. The average Bonchev–Trinajstić information content (AvgIpc) is 2.93. The smallest absolute Gasteiger partial charge is 0.263 e. The maximum absolute atomic E-state index is 14.2. The Hall–Kier alpha value is -5.05. The molecule has 2 aromatic heterocycles. The van der Waals surface area contributed by atoms with Gasteiger partial charge in [-0.15, -0.1) is 0 Å². The molecule has 0 saturated heterocycles. The van der Waals surface area contributed by atoms with E-state index in [4.69, 9.17) is 17.4 Å². The second-order valence-electron chi connectivity index (χ2n) is 8.82. The van der Waals surface area contributed by atoms with Crippen molar-refractivity contribution in [2.45, 2.75) is 17.9 Å². The van der Waals surface area contributed by atoms with Gasteiger partial charge in [-0.1, -0.05) is 48.5 Å². The predicted octanol–water partition coefficient (Wildman–Crippen LogP) is 4.40. The van der Waals surface area contributed by atoms with Crippen molar-refractivity contribution in [3.63, 3.8) is 0 Å². The molecule has 0 aliphatic heterocycles. The molecule has 1 atom stereocenters. The second kappa shape index (κ2) is 10.0. The highest BCUT2D eigenvalue weighted by Gasteiger charge is 2.20. The van der Waals surface area contributed by atoms with Crippen LogP contribution in [0.1, 0.15) is 18.7 Å². The van der Waals surface area contributed by atoms with Crippen LogP contribution in [0.5, 0.6) is 0 Å². The molecule has 5 aromatic rings. The van der Waals surface area contributed by atoms with Gasteiger partial charge in [0.25, 0.3) is 5.56 Å². The van der Waals surface area contributed by atoms with Crippen molar-refractivity contribution in [2.24, 2.45) is 5.14 Å². The van der Waals surface area contributed by atoms with Gasteiger partial charge >= 0.3 is 0 Å². The summed E-state index contributed by atoms with van der Waals surface area (Å²) in [5.41, 5.74) is 8.30. The quantitative estimate of drug-likeness (QED) is 0.272. The molecule has 0 amide bonds. The average molecular weight is 538 g/mol. The summed E-state index contributed by atoms with van der Waals surface area (Å²) in [6, 6.07) is 22.3. The van der Waals surface area contributed by atoms with Gasteiger partial charge in [-0.05, 0) is 53.8 Å². The van der Waals surface area contributed by atoms with Crippen molar-refractivity contribution in [3.8, 4) is 16.8 Å². The van der Waals surface area contributed by atoms with Crippen LogP contribution < -0.4 is 21.7 Å². The van der Waals surface area contributed by atoms with Crippen LogP contribution in [0.15, 0.2) is 94.7 Å². The molecule has 5 rings (SSSR count). The van der Waals surface area contributed by atoms with Gasteiger partial charge in [-0.25, -0.2) is 28.4 Å². The molecule has 5 N–H and O–H groups in total. The number of pyridine rings is 1. The Bertz CT molecular complexity index is 1910. The predicted molar refractivity (Wildman–Crippen MR) is 151 cm³/mol. The van der Waals surface area contributed by atoms with Gasteiger partial charge in [0.2, 0.25) is 21.7 Å². The number of aromatic nitrogens is 3. The monoisotopic (exact) mass is 537 g/mol. The summed E-state index contributed by atoms with van der Waals surface area (Å²) in [7, 11) is -3.85. The molecule has 0 spiro atoms. The van der Waals surface area contributed by atoms with Crippen LogP contribution in [0.3, 0.4) is 0 Å². The lowest BCUT2D eigenvalue weighted by atomic mass is 9.98. The van der Waals surface area contributed by atoms with Crippen LogP contribution in [0.25, 0.3) is 32.4 Å². The molecule has 10 nitrogen and oxygen atoms in total. The van der Waals surface area contributed by atoms with Crippen molar-refractivity contribution in [3.05, 3.63) is 113 Å². The molecule has 0 unspecified atom stereocenters. The Labute approximate surface area is 224 Å². The van der Waals surface area contributed by atoms with Crippen molar-refractivity contribution < 1.29 is 8.42 Å². The highest BCUT2D eigenvalue weighted by molar-refractivity contribution is 7.89. The van der Waals surface area contributed by atoms with E-state index in [1.165, 1.54) is 18.3 Å². The Morgan fingerprint density at radius 3 is 2.41 bits per heavy atom. The Morgan fingerprint density at radius 2 is 1.74 bits per heavy atom. The van der Waals surface area contributed by atoms with Crippen LogP contribution in [0, 0.1) is 6.57 Å². The number of fused-ring (bicyclic) bond motifs is 1. The lowest BCUT2D eigenvalue weighted by molar-refractivity contribution is 0.598. The Morgan fingerprint density at radius 1 is 1.03 bits per heavy atom. The fraction of sp³-hybridized carbons (Fsp3) is 0.0714. The maximum Gasteiger partial charge on any atom is 0.263 e. The number of hydrogen-bond acceptors (Lipinski definition) is 7. The number of primary sulfonamides is 1. The summed E-state index contributed by atoms with van der Waals surface area (Å²) >= 11 is 0. The molecule has 11 heteroatoms. The van der Waals surface area contributed by atoms with Crippen LogP contribution in [-0.4, -0.2) is 23.0 Å². The van der Waals surface area contributed by atoms with Crippen LogP contribution in [-0.2, 0) is 10.0 Å². The molecule has 0 saturated carbocycles. The lowest BCUT2D eigenvalue weighted by Gasteiger charge is -2.22. The third-order valence-electron chi connectivity index (χ3n) is 6.29. The summed E-state index contributed by atoms with van der Waals surface area (Å²) in [5.74, 6) is 0.287. The highest BCUT2D eigenvalue weighted by Crippen LogP contribution is 2.32. The first-order valence-corrected chi connectivity index (χ1v) is 13.4. The number of nitrogen functional groups attached to an aromatic ring is 1. The van der Waals surface area contributed by atoms with Gasteiger partial charge in [-0.3, -0.25) is 9.36 Å². The van der Waals surface area contributed by atoms with Gasteiger partial charge in [0.1, 0.15) is 5.82 Å². The Balaban J connectivity index is 1.72. The maximum atomic E-state index is 14.2. The summed E-state index contributed by atoms with van der Waals surface area (Å²) in [5, 5.41) is 9.62. The van der Waals surface area contributed by atoms with Crippen LogP contribution in [0.4, 0.5) is 17.5 Å². The zero-order chi connectivity index (χ0) is 27.7. The molecule has 3 aromatic carbocycles. The van der Waals surface area contributed by atoms with Crippen molar-refractivity contribution >= 4 is 38.2 Å². The van der Waals surface area contributed by atoms with Crippen LogP contribution >= 0.6 is 0 Å². The zero-order valence-corrected chi connectivity index (χ0v) is 21.6. The fourth-order valence-electron chi connectivity index (χ4n) is 4.47. The zero-order valence-electron chi connectivity index (χ0n) is 20.7. The standard InChI is InChI=1S/C28H23N7O3S/c1-17(33-26-23(31-2)16-32-28(29)34-26)24-15-19-7-6-10-22(18-11-13-21(14-12-18)39(30,37)38)25(19)27(36)35(24)20-8-4-3-5-9-20/h3-17H,1H3,(H2,30,37,38)(H3,29,32,33,34)/t17-/m0/s1. The fourth-order valence-corrected chi connectivity index (χ4v) is 4.98. The number of nitrogens with two attached hydrogens (primary N) is 2. The molecule has 0 radical (unpaired) electrons. The van der Waals surface area contributed by atoms with E-state index >= 15 is 0 Å². The highest BCUT2D eigenvalue weighted by atomic mass is 32.2. The first-order valence-electron chi connectivity index (χ1n) is 11.8. The van der Waals surface area contributed by atoms with Gasteiger partial charge in [0.05, 0.1) is 22.9 Å². The summed E-state index contributed by atoms with van der Waals surface area (Å²) in [6.45, 7) is 9.31. The van der Waals surface area contributed by atoms with Gasteiger partial charge in [0.15, 0.2) is 0 Å². The summed E-state index contributed by atoms with van der Waals surface area (Å²) in [4.78, 5) is 25.7. The van der Waals surface area contributed by atoms with E-state index in [0.29, 0.717) is 33.3 Å². The van der Waals surface area contributed by atoms with Crippen molar-refractivity contribution in [1.29, 1.82) is 0 Å². The third-order valence-corrected chi connectivity index (χ3v) is 7.22. The summed E-state index contributed by atoms with van der Waals surface area (Å²) in [6.07, 6.45) is 1.35. The van der Waals surface area contributed by atoms with Gasteiger partial charge in [-0.2, -0.15) is 0 Å². The molecule has 0 aliphatic rings. The first-order chi connectivity index (χ1) is 18.7. The minimum absolute atomic E-state index is 0.0143. The molecular weight excluding hydrogens is 514 g/mol. The molecule has 194 valence electrons. The SMILES string of the molecule is [C-]#[N+]c1cnc(N)nc1N[C@@H](C)c1cc2cccc(-c3ccc(S(N)(=O)=O)cc3)c2c(=O)n1-c1ccccc1. The van der Waals surface area contributed by atoms with Gasteiger partial charge < -0.3 is 11.1 Å². The lowest BCUT2D eigenvalue weighted by Crippen LogP contribution is -2.26. The molecule has 39 heavy (non-hydrogen) atoms. The minimum atomic E-state index is -3.85. The molecule has 0 fully saturated rings. The number of rotatable bonds is 6. The van der Waals surface area contributed by atoms with E-state index in [-0.39, 0.29) is 27.9 Å². The van der Waals surface area contributed by atoms with E-state index < -0.39 is 16.1 Å². The first kappa shape index (κ1) is 25.6. The van der Waals surface area contributed by atoms with Crippen molar-refractivity contribution in [1.82, 2.24) is 14.5 Å². The normalized spacial score (nSPS) is 12.1. The van der Waals surface area contributed by atoms with Crippen molar-refractivity contribution in [2.75, 3.05) is 11.1 Å². The largest absolute Gasteiger partial charge is 0.371 e.